The van der Waals surface area contributed by atoms with Gasteiger partial charge in [0.1, 0.15) is 0 Å². The van der Waals surface area contributed by atoms with E-state index in [1.54, 1.807) is 6.07 Å². The summed E-state index contributed by atoms with van der Waals surface area (Å²) in [4.78, 5) is 15.0. The number of aromatic hydroxyl groups is 1. The molecule has 0 aliphatic carbocycles. The van der Waals surface area contributed by atoms with Gasteiger partial charge in [0.05, 0.1) is 5.69 Å². The van der Waals surface area contributed by atoms with Crippen molar-refractivity contribution in [2.75, 3.05) is 0 Å². The van der Waals surface area contributed by atoms with Gasteiger partial charge in [-0.1, -0.05) is 33.6 Å². The molecule has 0 aliphatic heterocycles. The molecule has 0 aliphatic rings. The van der Waals surface area contributed by atoms with Crippen LogP contribution in [0.25, 0.3) is 0 Å². The number of halogens is 1. The predicted octanol–water partition coefficient (Wildman–Crippen LogP) is 4.92. The minimum Gasteiger partial charge on any atom is -0.505 e. The van der Waals surface area contributed by atoms with Crippen LogP contribution in [0.3, 0.4) is 0 Å². The van der Waals surface area contributed by atoms with E-state index in [2.05, 4.69) is 26.1 Å². The Morgan fingerprint density at radius 2 is 1.90 bits per heavy atom. The van der Waals surface area contributed by atoms with Gasteiger partial charge in [-0.3, -0.25) is 4.99 Å². The van der Waals surface area contributed by atoms with Crippen LogP contribution < -0.4 is 0 Å². The zero-order valence-corrected chi connectivity index (χ0v) is 12.7. The second-order valence-corrected chi connectivity index (χ2v) is 5.42. The highest BCUT2D eigenvalue weighted by molar-refractivity contribution is 9.10. The molecule has 1 N–H and O–H groups in total. The Morgan fingerprint density at radius 3 is 2.55 bits per heavy atom. The number of hydrogen-bond acceptors (Lipinski definition) is 4. The summed E-state index contributed by atoms with van der Waals surface area (Å²) in [6.45, 7) is 3.99. The van der Waals surface area contributed by atoms with E-state index >= 15 is 0 Å². The molecule has 2 rings (SSSR count). The van der Waals surface area contributed by atoms with E-state index in [4.69, 9.17) is 0 Å². The van der Waals surface area contributed by atoms with Crippen LogP contribution in [0.1, 0.15) is 16.7 Å². The zero-order valence-electron chi connectivity index (χ0n) is 11.1. The smallest absolute Gasteiger partial charge is 0.153 e. The van der Waals surface area contributed by atoms with Crippen molar-refractivity contribution < 1.29 is 5.11 Å². The molecule has 102 valence electrons. The molecule has 0 fully saturated rings. The first-order valence-corrected chi connectivity index (χ1v) is 6.77. The van der Waals surface area contributed by atoms with Crippen LogP contribution in [-0.4, -0.2) is 11.3 Å². The van der Waals surface area contributed by atoms with E-state index in [1.807, 2.05) is 32.0 Å². The lowest BCUT2D eigenvalue weighted by atomic mass is 10.1. The number of hydrogen-bond donors (Lipinski definition) is 1. The van der Waals surface area contributed by atoms with Crippen molar-refractivity contribution in [2.45, 2.75) is 13.8 Å². The standard InChI is InChI=1S/C15H13BrN2O2/c1-9-3-4-13(10(2)5-9)17-8-11-6-12(16)7-14(18-20)15(11)19/h3-8,19H,1-2H3. The summed E-state index contributed by atoms with van der Waals surface area (Å²) < 4.78 is 0.659. The van der Waals surface area contributed by atoms with E-state index in [0.29, 0.717) is 10.0 Å². The summed E-state index contributed by atoms with van der Waals surface area (Å²) in [6.07, 6.45) is 1.52. The van der Waals surface area contributed by atoms with Crippen molar-refractivity contribution in [3.63, 3.8) is 0 Å². The highest BCUT2D eigenvalue weighted by Gasteiger charge is 2.08. The molecule has 0 unspecified atom stereocenters. The average Bonchev–Trinajstić information content (AvgIpc) is 2.41. The van der Waals surface area contributed by atoms with E-state index in [0.717, 1.165) is 11.3 Å². The normalized spacial score (nSPS) is 10.9. The molecule has 0 spiro atoms. The first-order valence-electron chi connectivity index (χ1n) is 5.98. The molecule has 5 heteroatoms. The number of rotatable bonds is 3. The van der Waals surface area contributed by atoms with Gasteiger partial charge < -0.3 is 5.11 Å². The number of phenolic OH excluding ortho intramolecular Hbond substituents is 1. The van der Waals surface area contributed by atoms with Crippen LogP contribution in [-0.2, 0) is 0 Å². The fraction of sp³-hybridized carbons (Fsp3) is 0.133. The molecule has 0 atom stereocenters. The van der Waals surface area contributed by atoms with Crippen molar-refractivity contribution in [1.82, 2.24) is 0 Å². The first-order chi connectivity index (χ1) is 9.51. The molecule has 0 bridgehead atoms. The molecular weight excluding hydrogens is 320 g/mol. The molecule has 0 saturated heterocycles. The Bertz CT molecular complexity index is 697. The maximum atomic E-state index is 10.6. The summed E-state index contributed by atoms with van der Waals surface area (Å²) in [5, 5.41) is 12.7. The van der Waals surface area contributed by atoms with Gasteiger partial charge in [-0.15, -0.1) is 4.91 Å². The third-order valence-corrected chi connectivity index (χ3v) is 3.34. The zero-order chi connectivity index (χ0) is 14.7. The lowest BCUT2D eigenvalue weighted by Gasteiger charge is -2.04. The van der Waals surface area contributed by atoms with Crippen molar-refractivity contribution in [1.29, 1.82) is 0 Å². The Morgan fingerprint density at radius 1 is 1.15 bits per heavy atom. The molecule has 2 aromatic rings. The molecule has 0 amide bonds. The van der Waals surface area contributed by atoms with Gasteiger partial charge in [0.2, 0.25) is 0 Å². The molecule has 0 radical (unpaired) electrons. The van der Waals surface area contributed by atoms with E-state index in [-0.39, 0.29) is 11.4 Å². The maximum Gasteiger partial charge on any atom is 0.153 e. The van der Waals surface area contributed by atoms with Gasteiger partial charge in [-0.2, -0.15) is 0 Å². The Labute approximate surface area is 125 Å². The fourth-order valence-electron chi connectivity index (χ4n) is 1.86. The Balaban J connectivity index is 2.41. The van der Waals surface area contributed by atoms with Crippen LogP contribution in [0.2, 0.25) is 0 Å². The van der Waals surface area contributed by atoms with E-state index in [9.17, 15) is 10.0 Å². The highest BCUT2D eigenvalue weighted by Crippen LogP contribution is 2.33. The van der Waals surface area contributed by atoms with Gasteiger partial charge in [0, 0.05) is 16.3 Å². The van der Waals surface area contributed by atoms with Crippen LogP contribution in [0.4, 0.5) is 11.4 Å². The second-order valence-electron chi connectivity index (χ2n) is 4.50. The molecule has 0 saturated carbocycles. The third-order valence-electron chi connectivity index (χ3n) is 2.88. The highest BCUT2D eigenvalue weighted by atomic mass is 79.9. The third kappa shape index (κ3) is 3.11. The largest absolute Gasteiger partial charge is 0.505 e. The fourth-order valence-corrected chi connectivity index (χ4v) is 2.33. The lowest BCUT2D eigenvalue weighted by Crippen LogP contribution is -1.85. The van der Waals surface area contributed by atoms with Gasteiger partial charge >= 0.3 is 0 Å². The summed E-state index contributed by atoms with van der Waals surface area (Å²) in [5.41, 5.74) is 3.45. The summed E-state index contributed by atoms with van der Waals surface area (Å²) in [6, 6.07) is 9.05. The quantitative estimate of drug-likeness (QED) is 0.640. The van der Waals surface area contributed by atoms with Crippen LogP contribution in [0, 0.1) is 18.8 Å². The molecule has 0 heterocycles. The van der Waals surface area contributed by atoms with Crippen LogP contribution in [0.5, 0.6) is 5.75 Å². The number of nitrogens with zero attached hydrogens (tertiary/aromatic N) is 2. The van der Waals surface area contributed by atoms with Crippen molar-refractivity contribution in [3.8, 4) is 5.75 Å². The molecule has 20 heavy (non-hydrogen) atoms. The summed E-state index contributed by atoms with van der Waals surface area (Å²) >= 11 is 3.27. The number of nitroso groups, excluding NO2 is 1. The van der Waals surface area contributed by atoms with Crippen molar-refractivity contribution >= 4 is 33.5 Å². The average molecular weight is 333 g/mol. The molecule has 4 nitrogen and oxygen atoms in total. The SMILES string of the molecule is Cc1ccc(N=Cc2cc(Br)cc(N=O)c2O)c(C)c1. The van der Waals surface area contributed by atoms with Crippen LogP contribution in [0.15, 0.2) is 45.0 Å². The molecular formula is C15H13BrN2O2. The van der Waals surface area contributed by atoms with Crippen molar-refractivity contribution in [3.05, 3.63) is 56.4 Å². The van der Waals surface area contributed by atoms with Gasteiger partial charge in [-0.05, 0) is 42.8 Å². The number of aliphatic imine (C=N–C) groups is 1. The van der Waals surface area contributed by atoms with Gasteiger partial charge in [0.15, 0.2) is 11.4 Å². The maximum absolute atomic E-state index is 10.6. The minimum atomic E-state index is -0.170. The van der Waals surface area contributed by atoms with Crippen LogP contribution >= 0.6 is 15.9 Å². The topological polar surface area (TPSA) is 62.0 Å². The number of phenols is 1. The Hall–Kier alpha value is -2.01. The minimum absolute atomic E-state index is 0.0125. The second kappa shape index (κ2) is 5.96. The lowest BCUT2D eigenvalue weighted by molar-refractivity contribution is 0.476. The van der Waals surface area contributed by atoms with Crippen molar-refractivity contribution in [2.24, 2.45) is 10.2 Å². The molecule has 0 aromatic heterocycles. The van der Waals surface area contributed by atoms with Gasteiger partial charge in [0.25, 0.3) is 0 Å². The first kappa shape index (κ1) is 14.4. The van der Waals surface area contributed by atoms with E-state index < -0.39 is 0 Å². The van der Waals surface area contributed by atoms with E-state index in [1.165, 1.54) is 17.8 Å². The number of benzene rings is 2. The van der Waals surface area contributed by atoms with Gasteiger partial charge in [-0.25, -0.2) is 0 Å². The summed E-state index contributed by atoms with van der Waals surface area (Å²) in [7, 11) is 0. The molecule has 2 aromatic carbocycles. The summed E-state index contributed by atoms with van der Waals surface area (Å²) in [5.74, 6) is -0.170. The predicted molar refractivity (Wildman–Crippen MR) is 84.4 cm³/mol. The number of aryl methyl sites for hydroxylation is 2. The Kier molecular flexibility index (Phi) is 4.29. The monoisotopic (exact) mass is 332 g/mol.